The average Bonchev–Trinajstić information content (AvgIpc) is 1.81. The first-order valence-electron chi connectivity index (χ1n) is 3.33. The van der Waals surface area contributed by atoms with Crippen LogP contribution in [0.25, 0.3) is 0 Å². The molecule has 10 heavy (non-hydrogen) atoms. The van der Waals surface area contributed by atoms with E-state index in [1.807, 2.05) is 0 Å². The molecule has 0 aliphatic heterocycles. The van der Waals surface area contributed by atoms with E-state index in [1.165, 1.54) is 0 Å². The van der Waals surface area contributed by atoms with Crippen molar-refractivity contribution in [3.05, 3.63) is 0 Å². The number of alkyl halides is 1. The molecule has 0 saturated heterocycles. The predicted octanol–water partition coefficient (Wildman–Crippen LogP) is 2.12. The third-order valence-corrected chi connectivity index (χ3v) is 2.66. The third-order valence-electron chi connectivity index (χ3n) is 0.887. The van der Waals surface area contributed by atoms with Gasteiger partial charge in [0.25, 0.3) is 0 Å². The zero-order valence-electron chi connectivity index (χ0n) is 6.72. The van der Waals surface area contributed by atoms with Crippen LogP contribution >= 0.6 is 23.4 Å². The summed E-state index contributed by atoms with van der Waals surface area (Å²) in [5.74, 6) is 1.07. The van der Waals surface area contributed by atoms with E-state index in [-0.39, 0.29) is 10.9 Å². The van der Waals surface area contributed by atoms with Gasteiger partial charge in [0, 0.05) is 16.4 Å². The number of hydrogen-bond donors (Lipinski definition) is 1. The summed E-state index contributed by atoms with van der Waals surface area (Å²) in [7, 11) is 0. The van der Waals surface area contributed by atoms with Gasteiger partial charge in [0.2, 0.25) is 0 Å². The zero-order chi connectivity index (χ0) is 8.20. The lowest BCUT2D eigenvalue weighted by molar-refractivity contribution is 0.223. The van der Waals surface area contributed by atoms with Crippen molar-refractivity contribution in [3.8, 4) is 0 Å². The number of aliphatic hydroxyl groups is 1. The highest BCUT2D eigenvalue weighted by Gasteiger charge is 2.12. The summed E-state index contributed by atoms with van der Waals surface area (Å²) < 4.78 is 0.229. The van der Waals surface area contributed by atoms with Gasteiger partial charge in [-0.25, -0.2) is 0 Å². The highest BCUT2D eigenvalue weighted by Crippen LogP contribution is 2.23. The second-order valence-electron chi connectivity index (χ2n) is 3.23. The van der Waals surface area contributed by atoms with Gasteiger partial charge in [-0.3, -0.25) is 0 Å². The molecule has 0 heterocycles. The van der Waals surface area contributed by atoms with E-state index in [0.29, 0.717) is 5.88 Å². The Kier molecular flexibility index (Phi) is 4.74. The van der Waals surface area contributed by atoms with E-state index in [9.17, 15) is 0 Å². The quantitative estimate of drug-likeness (QED) is 0.675. The molecular weight excluding hydrogens is 168 g/mol. The molecule has 1 N–H and O–H groups in total. The number of aliphatic hydroxyl groups excluding tert-OH is 1. The van der Waals surface area contributed by atoms with Crippen LogP contribution in [0, 0.1) is 0 Å². The second-order valence-corrected chi connectivity index (χ2v) is 5.39. The standard InChI is InChI=1S/C7H15ClOS/c1-7(2,3)10-5-6(9)4-8/h6,9H,4-5H2,1-3H3. The Hall–Kier alpha value is 0.600. The molecule has 0 aromatic carbocycles. The van der Waals surface area contributed by atoms with Crippen molar-refractivity contribution in [1.29, 1.82) is 0 Å². The number of halogens is 1. The minimum absolute atomic E-state index is 0.229. The van der Waals surface area contributed by atoms with E-state index >= 15 is 0 Å². The predicted molar refractivity (Wildman–Crippen MR) is 48.9 cm³/mol. The zero-order valence-corrected chi connectivity index (χ0v) is 8.30. The Bertz CT molecular complexity index is 90.1. The first kappa shape index (κ1) is 10.6. The molecule has 62 valence electrons. The maximum Gasteiger partial charge on any atom is 0.0765 e. The van der Waals surface area contributed by atoms with Crippen LogP contribution in [0.5, 0.6) is 0 Å². The summed E-state index contributed by atoms with van der Waals surface area (Å²) in [6.07, 6.45) is -0.356. The maximum absolute atomic E-state index is 9.07. The molecule has 0 aromatic heterocycles. The maximum atomic E-state index is 9.07. The normalized spacial score (nSPS) is 15.3. The molecule has 0 aliphatic rings. The minimum Gasteiger partial charge on any atom is -0.391 e. The molecule has 0 aromatic rings. The Labute approximate surface area is 72.1 Å². The van der Waals surface area contributed by atoms with Crippen molar-refractivity contribution >= 4 is 23.4 Å². The van der Waals surface area contributed by atoms with Crippen LogP contribution in [-0.4, -0.2) is 27.6 Å². The third kappa shape index (κ3) is 6.72. The summed E-state index contributed by atoms with van der Waals surface area (Å²) in [5, 5.41) is 9.07. The number of thioether (sulfide) groups is 1. The molecule has 0 radical (unpaired) electrons. The van der Waals surface area contributed by atoms with E-state index in [0.717, 1.165) is 5.75 Å². The smallest absolute Gasteiger partial charge is 0.0765 e. The van der Waals surface area contributed by atoms with Crippen molar-refractivity contribution in [2.24, 2.45) is 0 Å². The van der Waals surface area contributed by atoms with Crippen molar-refractivity contribution < 1.29 is 5.11 Å². The largest absolute Gasteiger partial charge is 0.391 e. The van der Waals surface area contributed by atoms with Crippen molar-refractivity contribution in [2.75, 3.05) is 11.6 Å². The molecule has 0 aliphatic carbocycles. The number of hydrogen-bond acceptors (Lipinski definition) is 2. The van der Waals surface area contributed by atoms with Gasteiger partial charge in [0.15, 0.2) is 0 Å². The van der Waals surface area contributed by atoms with Gasteiger partial charge in [-0.15, -0.1) is 11.6 Å². The SMILES string of the molecule is CC(C)(C)SCC(O)CCl. The van der Waals surface area contributed by atoms with Gasteiger partial charge in [-0.2, -0.15) is 11.8 Å². The van der Waals surface area contributed by atoms with Crippen LogP contribution < -0.4 is 0 Å². The molecule has 1 unspecified atom stereocenters. The first-order chi connectivity index (χ1) is 4.45. The molecule has 0 saturated carbocycles. The van der Waals surface area contributed by atoms with E-state index in [2.05, 4.69) is 20.8 Å². The van der Waals surface area contributed by atoms with Gasteiger partial charge < -0.3 is 5.11 Å². The lowest BCUT2D eigenvalue weighted by Crippen LogP contribution is -2.17. The van der Waals surface area contributed by atoms with E-state index in [1.54, 1.807) is 11.8 Å². The van der Waals surface area contributed by atoms with Crippen LogP contribution in [0.4, 0.5) is 0 Å². The second kappa shape index (κ2) is 4.47. The lowest BCUT2D eigenvalue weighted by atomic mass is 10.3. The molecule has 0 bridgehead atoms. The lowest BCUT2D eigenvalue weighted by Gasteiger charge is -2.18. The van der Waals surface area contributed by atoms with Crippen LogP contribution in [0.15, 0.2) is 0 Å². The van der Waals surface area contributed by atoms with Gasteiger partial charge in [0.1, 0.15) is 0 Å². The van der Waals surface area contributed by atoms with Crippen molar-refractivity contribution in [1.82, 2.24) is 0 Å². The monoisotopic (exact) mass is 182 g/mol. The van der Waals surface area contributed by atoms with E-state index < -0.39 is 0 Å². The van der Waals surface area contributed by atoms with Crippen molar-refractivity contribution in [2.45, 2.75) is 31.6 Å². The minimum atomic E-state index is -0.356. The highest BCUT2D eigenvalue weighted by atomic mass is 35.5. The highest BCUT2D eigenvalue weighted by molar-refractivity contribution is 8.00. The molecule has 0 rings (SSSR count). The molecule has 0 fully saturated rings. The van der Waals surface area contributed by atoms with Crippen molar-refractivity contribution in [3.63, 3.8) is 0 Å². The van der Waals surface area contributed by atoms with Crippen LogP contribution in [-0.2, 0) is 0 Å². The first-order valence-corrected chi connectivity index (χ1v) is 4.85. The molecule has 0 spiro atoms. The van der Waals surface area contributed by atoms with E-state index in [4.69, 9.17) is 16.7 Å². The Balaban J connectivity index is 3.36. The molecule has 1 nitrogen and oxygen atoms in total. The topological polar surface area (TPSA) is 20.2 Å². The average molecular weight is 183 g/mol. The molecule has 0 amide bonds. The van der Waals surface area contributed by atoms with Crippen LogP contribution in [0.2, 0.25) is 0 Å². The fraction of sp³-hybridized carbons (Fsp3) is 1.00. The van der Waals surface area contributed by atoms with Gasteiger partial charge >= 0.3 is 0 Å². The summed E-state index contributed by atoms with van der Waals surface area (Å²) in [6, 6.07) is 0. The van der Waals surface area contributed by atoms with Gasteiger partial charge in [-0.1, -0.05) is 20.8 Å². The summed E-state index contributed by atoms with van der Waals surface area (Å²) in [4.78, 5) is 0. The van der Waals surface area contributed by atoms with Gasteiger partial charge in [0.05, 0.1) is 6.10 Å². The molecule has 3 heteroatoms. The Morgan fingerprint density at radius 1 is 1.50 bits per heavy atom. The fourth-order valence-corrected chi connectivity index (χ4v) is 1.44. The molecule has 1 atom stereocenters. The number of rotatable bonds is 3. The summed E-state index contributed by atoms with van der Waals surface area (Å²) in [5.41, 5.74) is 0. The van der Waals surface area contributed by atoms with Crippen LogP contribution in [0.1, 0.15) is 20.8 Å². The summed E-state index contributed by atoms with van der Waals surface area (Å²) in [6.45, 7) is 6.37. The Morgan fingerprint density at radius 3 is 2.30 bits per heavy atom. The summed E-state index contributed by atoms with van der Waals surface area (Å²) >= 11 is 7.15. The van der Waals surface area contributed by atoms with Gasteiger partial charge in [-0.05, 0) is 0 Å². The van der Waals surface area contributed by atoms with Crippen LogP contribution in [0.3, 0.4) is 0 Å². The Morgan fingerprint density at radius 2 is 2.00 bits per heavy atom. The fourth-order valence-electron chi connectivity index (χ4n) is 0.391. The molecular formula is C7H15ClOS.